The zero-order valence-electron chi connectivity index (χ0n) is 16.4. The molecule has 1 aliphatic heterocycles. The molecule has 1 saturated heterocycles. The van der Waals surface area contributed by atoms with Gasteiger partial charge >= 0.3 is 34.8 Å². The number of aliphatic hydroxyl groups is 1. The molecule has 2 rings (SSSR count). The summed E-state index contributed by atoms with van der Waals surface area (Å²) in [5.74, 6) is 4.84. The minimum atomic E-state index is -5.79. The van der Waals surface area contributed by atoms with Crippen LogP contribution in [-0.4, -0.2) is 62.4 Å². The highest BCUT2D eigenvalue weighted by molar-refractivity contribution is 7.66. The number of halogens is 1. The van der Waals surface area contributed by atoms with Crippen molar-refractivity contribution in [2.24, 2.45) is 0 Å². The Morgan fingerprint density at radius 1 is 1.24 bits per heavy atom. The number of aromatic amines is 1. The monoisotopic (exact) mass is 555 g/mol. The van der Waals surface area contributed by atoms with Crippen molar-refractivity contribution in [1.29, 1.82) is 0 Å². The second kappa shape index (κ2) is 9.80. The summed E-state index contributed by atoms with van der Waals surface area (Å²) in [6.07, 6.45) is -6.02. The van der Waals surface area contributed by atoms with Crippen LogP contribution in [0.4, 0.5) is 0 Å². The van der Waals surface area contributed by atoms with Gasteiger partial charge in [-0.15, -0.1) is 5.92 Å². The second-order valence-electron chi connectivity index (χ2n) is 6.33. The highest BCUT2D eigenvalue weighted by Crippen LogP contribution is 2.66. The number of alkyl halides is 1. The van der Waals surface area contributed by atoms with Crippen molar-refractivity contribution in [3.05, 3.63) is 27.3 Å². The van der Waals surface area contributed by atoms with Gasteiger partial charge < -0.3 is 29.4 Å². The van der Waals surface area contributed by atoms with Crippen molar-refractivity contribution in [2.75, 3.05) is 0 Å². The molecule has 0 saturated carbocycles. The van der Waals surface area contributed by atoms with Crippen LogP contribution in [0, 0.1) is 11.8 Å². The summed E-state index contributed by atoms with van der Waals surface area (Å²) in [4.78, 5) is 62.5. The summed E-state index contributed by atoms with van der Waals surface area (Å²) in [6, 6.07) is 0. The molecular formula is C12H17ClN3O14P3. The standard InChI is InChI=1S/C12H17ClN3O14P3/c1-3-4-12(13)8(17)7(27-9(12)16-5-14-10(18)15-11(16)19)6(2)28-32(23,24)30-33(25,26)29-31(20,21)22/h5-9,17H,1-2H3,(H,23,24)(H,25,26)(H,15,18,19)(H2,20,21,22)/t6-,7-,8+,9-,12?/m1/s1. The molecule has 1 fully saturated rings. The Bertz CT molecular complexity index is 1220. The quantitative estimate of drug-likeness (QED) is 0.127. The number of hydrogen-bond donors (Lipinski definition) is 6. The Labute approximate surface area is 188 Å². The number of H-pyrrole nitrogens is 1. The van der Waals surface area contributed by atoms with E-state index in [-0.39, 0.29) is 0 Å². The maximum absolute atomic E-state index is 12.1. The Hall–Kier alpha value is -1.21. The molecule has 0 aromatic carbocycles. The summed E-state index contributed by atoms with van der Waals surface area (Å²) in [5, 5.41) is 10.7. The molecule has 17 nitrogen and oxygen atoms in total. The number of hydrogen-bond acceptors (Lipinski definition) is 11. The van der Waals surface area contributed by atoms with Crippen LogP contribution in [0.2, 0.25) is 0 Å². The van der Waals surface area contributed by atoms with Gasteiger partial charge in [0.2, 0.25) is 0 Å². The van der Waals surface area contributed by atoms with E-state index >= 15 is 0 Å². The maximum atomic E-state index is 12.1. The van der Waals surface area contributed by atoms with Crippen molar-refractivity contribution < 1.29 is 56.3 Å². The third-order valence-electron chi connectivity index (χ3n) is 3.88. The lowest BCUT2D eigenvalue weighted by molar-refractivity contribution is -0.0752. The van der Waals surface area contributed by atoms with Crippen molar-refractivity contribution in [1.82, 2.24) is 14.5 Å². The molecular weight excluding hydrogens is 539 g/mol. The minimum absolute atomic E-state index is 0.680. The van der Waals surface area contributed by atoms with E-state index in [0.29, 0.717) is 4.57 Å². The molecule has 21 heteroatoms. The van der Waals surface area contributed by atoms with Crippen LogP contribution in [0.25, 0.3) is 0 Å². The molecule has 0 bridgehead atoms. The number of ether oxygens (including phenoxy) is 1. The molecule has 1 aromatic rings. The lowest BCUT2D eigenvalue weighted by Gasteiger charge is -2.26. The zero-order valence-corrected chi connectivity index (χ0v) is 19.9. The molecule has 1 aromatic heterocycles. The smallest absolute Gasteiger partial charge is 0.387 e. The molecule has 0 spiro atoms. The highest BCUT2D eigenvalue weighted by Gasteiger charge is 2.58. The molecule has 0 radical (unpaired) electrons. The van der Waals surface area contributed by atoms with Gasteiger partial charge in [-0.3, -0.25) is 14.1 Å². The predicted octanol–water partition coefficient (Wildman–Crippen LogP) is -1.08. The van der Waals surface area contributed by atoms with Gasteiger partial charge in [-0.25, -0.2) is 23.3 Å². The molecule has 1 aliphatic rings. The lowest BCUT2D eigenvalue weighted by atomic mass is 9.97. The number of nitrogens with zero attached hydrogens (tertiary/aromatic N) is 2. The molecule has 3 unspecified atom stereocenters. The fraction of sp³-hybridized carbons (Fsp3) is 0.583. The van der Waals surface area contributed by atoms with Crippen LogP contribution in [-0.2, 0) is 31.6 Å². The molecule has 6 N–H and O–H groups in total. The third-order valence-corrected chi connectivity index (χ3v) is 8.31. The molecule has 7 atom stereocenters. The van der Waals surface area contributed by atoms with E-state index < -0.39 is 64.3 Å². The average Bonchev–Trinajstić information content (AvgIpc) is 2.83. The number of rotatable bonds is 8. The largest absolute Gasteiger partial charge is 0.490 e. The van der Waals surface area contributed by atoms with Gasteiger partial charge in [0.25, 0.3) is 0 Å². The highest BCUT2D eigenvalue weighted by atomic mass is 35.5. The van der Waals surface area contributed by atoms with E-state index in [4.69, 9.17) is 26.1 Å². The van der Waals surface area contributed by atoms with E-state index in [9.17, 15) is 38.2 Å². The summed E-state index contributed by atoms with van der Waals surface area (Å²) in [5.41, 5.74) is -2.04. The average molecular weight is 556 g/mol. The molecule has 33 heavy (non-hydrogen) atoms. The first kappa shape index (κ1) is 28.0. The van der Waals surface area contributed by atoms with E-state index in [2.05, 4.69) is 30.0 Å². The predicted molar refractivity (Wildman–Crippen MR) is 105 cm³/mol. The van der Waals surface area contributed by atoms with Crippen molar-refractivity contribution in [2.45, 2.75) is 43.3 Å². The first-order valence-corrected chi connectivity index (χ1v) is 13.3. The number of aromatic nitrogens is 3. The number of nitrogens with one attached hydrogen (secondary N) is 1. The van der Waals surface area contributed by atoms with Crippen LogP contribution in [0.1, 0.15) is 20.1 Å². The zero-order chi connectivity index (χ0) is 25.4. The van der Waals surface area contributed by atoms with Crippen LogP contribution >= 0.6 is 35.1 Å². The number of phosphoric acid groups is 3. The molecule has 2 heterocycles. The minimum Gasteiger partial charge on any atom is -0.387 e. The van der Waals surface area contributed by atoms with E-state index in [1.165, 1.54) is 6.92 Å². The molecule has 0 amide bonds. The topological polar surface area (TPSA) is 257 Å². The van der Waals surface area contributed by atoms with Gasteiger partial charge in [-0.1, -0.05) is 17.5 Å². The van der Waals surface area contributed by atoms with Crippen LogP contribution in [0.3, 0.4) is 0 Å². The van der Waals surface area contributed by atoms with Gasteiger partial charge in [0.1, 0.15) is 18.5 Å². The normalized spacial score (nSPS) is 30.0. The number of phosphoric ester groups is 1. The van der Waals surface area contributed by atoms with E-state index in [1.807, 2.05) is 4.98 Å². The Kier molecular flexibility index (Phi) is 8.33. The van der Waals surface area contributed by atoms with Crippen LogP contribution in [0.5, 0.6) is 0 Å². The van der Waals surface area contributed by atoms with Crippen molar-refractivity contribution in [3.63, 3.8) is 0 Å². The van der Waals surface area contributed by atoms with E-state index in [1.54, 1.807) is 0 Å². The summed E-state index contributed by atoms with van der Waals surface area (Å²) >= 11 is 6.39. The Morgan fingerprint density at radius 2 is 1.85 bits per heavy atom. The van der Waals surface area contributed by atoms with Gasteiger partial charge in [-0.05, 0) is 13.8 Å². The third kappa shape index (κ3) is 6.91. The Balaban J connectivity index is 2.32. The first-order valence-electron chi connectivity index (χ1n) is 8.37. The van der Waals surface area contributed by atoms with Gasteiger partial charge in [0.05, 0.1) is 6.10 Å². The second-order valence-corrected chi connectivity index (χ2v) is 11.3. The lowest BCUT2D eigenvalue weighted by Crippen LogP contribution is -2.45. The molecule has 186 valence electrons. The van der Waals surface area contributed by atoms with Gasteiger partial charge in [0.15, 0.2) is 11.1 Å². The van der Waals surface area contributed by atoms with Crippen molar-refractivity contribution >= 4 is 35.1 Å². The Morgan fingerprint density at radius 3 is 2.36 bits per heavy atom. The SMILES string of the molecule is CC#CC1(Cl)[C@@H](O)[C@@H]([C@@H](C)OP(=O)(O)OP(=O)(O)OP(=O)(O)O)O[C@H]1n1cnc(=O)[nH]c1=O. The van der Waals surface area contributed by atoms with Crippen LogP contribution < -0.4 is 11.4 Å². The number of aliphatic hydroxyl groups excluding tert-OH is 1. The fourth-order valence-electron chi connectivity index (χ4n) is 2.76. The van der Waals surface area contributed by atoms with Gasteiger partial charge in [0, 0.05) is 0 Å². The summed E-state index contributed by atoms with van der Waals surface area (Å²) in [7, 11) is -17.0. The summed E-state index contributed by atoms with van der Waals surface area (Å²) < 4.78 is 52.2. The van der Waals surface area contributed by atoms with E-state index in [0.717, 1.165) is 13.3 Å². The van der Waals surface area contributed by atoms with Gasteiger partial charge in [-0.2, -0.15) is 13.6 Å². The fourth-order valence-corrected chi connectivity index (χ4v) is 6.34. The summed E-state index contributed by atoms with van der Waals surface area (Å²) in [6.45, 7) is 2.36. The molecule has 0 aliphatic carbocycles. The van der Waals surface area contributed by atoms with Crippen LogP contribution in [0.15, 0.2) is 15.9 Å². The first-order chi connectivity index (χ1) is 14.9. The maximum Gasteiger partial charge on any atom is 0.490 e. The van der Waals surface area contributed by atoms with Crippen molar-refractivity contribution in [3.8, 4) is 11.8 Å².